The molecule has 7 nitrogen and oxygen atoms in total. The number of anilines is 1. The van der Waals surface area contributed by atoms with Gasteiger partial charge in [-0.25, -0.2) is 9.78 Å². The molecular formula is C21H22ClN3O4S. The first-order valence-corrected chi connectivity index (χ1v) is 10.8. The molecule has 0 radical (unpaired) electrons. The van der Waals surface area contributed by atoms with Crippen molar-refractivity contribution in [1.82, 2.24) is 9.55 Å². The van der Waals surface area contributed by atoms with E-state index < -0.39 is 0 Å². The Balaban J connectivity index is 1.76. The summed E-state index contributed by atoms with van der Waals surface area (Å²) in [6.07, 6.45) is 0. The van der Waals surface area contributed by atoms with Gasteiger partial charge >= 0.3 is 5.97 Å². The summed E-state index contributed by atoms with van der Waals surface area (Å²) in [5.41, 5.74) is 2.54. The minimum atomic E-state index is -0.380. The first-order chi connectivity index (χ1) is 14.5. The van der Waals surface area contributed by atoms with Gasteiger partial charge in [0.1, 0.15) is 5.75 Å². The predicted octanol–water partition coefficient (Wildman–Crippen LogP) is 4.63. The van der Waals surface area contributed by atoms with Crippen molar-refractivity contribution >= 4 is 52.0 Å². The molecule has 1 aromatic heterocycles. The fraction of sp³-hybridized carbons (Fsp3) is 0.286. The number of ether oxygens (including phenoxy) is 2. The van der Waals surface area contributed by atoms with E-state index in [1.165, 1.54) is 18.9 Å². The summed E-state index contributed by atoms with van der Waals surface area (Å²) in [6.45, 7) is 4.76. The van der Waals surface area contributed by atoms with Crippen molar-refractivity contribution in [3.8, 4) is 5.75 Å². The zero-order valence-electron chi connectivity index (χ0n) is 16.9. The van der Waals surface area contributed by atoms with Crippen molar-refractivity contribution in [2.24, 2.45) is 0 Å². The van der Waals surface area contributed by atoms with Crippen molar-refractivity contribution in [3.63, 3.8) is 0 Å². The molecule has 0 fully saturated rings. The van der Waals surface area contributed by atoms with Crippen LogP contribution in [-0.2, 0) is 16.1 Å². The Bertz CT molecular complexity index is 1080. The average Bonchev–Trinajstić information content (AvgIpc) is 3.09. The highest BCUT2D eigenvalue weighted by Gasteiger charge is 2.16. The molecule has 0 saturated carbocycles. The zero-order valence-corrected chi connectivity index (χ0v) is 18.5. The lowest BCUT2D eigenvalue weighted by Crippen LogP contribution is -2.15. The van der Waals surface area contributed by atoms with Gasteiger partial charge in [0.15, 0.2) is 5.16 Å². The molecule has 1 heterocycles. The summed E-state index contributed by atoms with van der Waals surface area (Å²) < 4.78 is 12.3. The van der Waals surface area contributed by atoms with Gasteiger partial charge in [0, 0.05) is 11.6 Å². The maximum Gasteiger partial charge on any atom is 0.338 e. The number of hydrogen-bond donors (Lipinski definition) is 1. The van der Waals surface area contributed by atoms with Crippen molar-refractivity contribution < 1.29 is 19.1 Å². The normalized spacial score (nSPS) is 10.8. The van der Waals surface area contributed by atoms with E-state index >= 15 is 0 Å². The van der Waals surface area contributed by atoms with Gasteiger partial charge in [0.05, 0.1) is 41.8 Å². The highest BCUT2D eigenvalue weighted by atomic mass is 35.5. The van der Waals surface area contributed by atoms with Crippen LogP contribution >= 0.6 is 23.4 Å². The van der Waals surface area contributed by atoms with Crippen LogP contribution in [0, 0.1) is 0 Å². The summed E-state index contributed by atoms with van der Waals surface area (Å²) in [6, 6.07) is 10.3. The maximum absolute atomic E-state index is 12.5. The molecule has 2 aromatic carbocycles. The fourth-order valence-electron chi connectivity index (χ4n) is 2.96. The van der Waals surface area contributed by atoms with Crippen LogP contribution in [0.15, 0.2) is 41.6 Å². The smallest absolute Gasteiger partial charge is 0.338 e. The van der Waals surface area contributed by atoms with Crippen LogP contribution in [0.25, 0.3) is 11.0 Å². The van der Waals surface area contributed by atoms with Gasteiger partial charge in [-0.2, -0.15) is 0 Å². The number of nitrogens with one attached hydrogen (secondary N) is 1. The second-order valence-electron chi connectivity index (χ2n) is 6.24. The molecule has 0 saturated heterocycles. The standard InChI is InChI=1S/C21H22ClN3O4S/c1-4-25-17-8-6-13(20(27)29-5-2)10-15(17)24-21(25)30-12-19(26)23-16-11-14(22)7-9-18(16)28-3/h6-11H,4-5,12H2,1-3H3,(H,23,26). The molecule has 0 atom stereocenters. The third-order valence-electron chi connectivity index (χ3n) is 4.31. The van der Waals surface area contributed by atoms with Crippen LogP contribution in [0.2, 0.25) is 5.02 Å². The third-order valence-corrected chi connectivity index (χ3v) is 5.52. The van der Waals surface area contributed by atoms with Gasteiger partial charge in [-0.3, -0.25) is 4.79 Å². The number of amides is 1. The number of thioether (sulfide) groups is 1. The Kier molecular flexibility index (Phi) is 7.23. The van der Waals surface area contributed by atoms with Gasteiger partial charge in [-0.05, 0) is 50.2 Å². The lowest BCUT2D eigenvalue weighted by molar-refractivity contribution is -0.113. The maximum atomic E-state index is 12.5. The van der Waals surface area contributed by atoms with Gasteiger partial charge in [-0.15, -0.1) is 0 Å². The molecule has 0 spiro atoms. The fourth-order valence-corrected chi connectivity index (χ4v) is 4.01. The number of rotatable bonds is 8. The summed E-state index contributed by atoms with van der Waals surface area (Å²) in [5, 5.41) is 4.01. The van der Waals surface area contributed by atoms with Crippen LogP contribution in [0.3, 0.4) is 0 Å². The zero-order chi connectivity index (χ0) is 21.7. The van der Waals surface area contributed by atoms with E-state index in [1.54, 1.807) is 37.3 Å². The van der Waals surface area contributed by atoms with Crippen LogP contribution in [0.5, 0.6) is 5.75 Å². The van der Waals surface area contributed by atoms with E-state index in [0.717, 1.165) is 5.52 Å². The topological polar surface area (TPSA) is 82.4 Å². The lowest BCUT2D eigenvalue weighted by atomic mass is 10.2. The van der Waals surface area contributed by atoms with Crippen LogP contribution in [0.1, 0.15) is 24.2 Å². The van der Waals surface area contributed by atoms with Crippen LogP contribution in [-0.4, -0.2) is 40.9 Å². The number of esters is 1. The van der Waals surface area contributed by atoms with Gasteiger partial charge < -0.3 is 19.4 Å². The second kappa shape index (κ2) is 9.86. The van der Waals surface area contributed by atoms with E-state index in [0.29, 0.717) is 45.8 Å². The Hall–Kier alpha value is -2.71. The number of benzene rings is 2. The number of imidazole rings is 1. The van der Waals surface area contributed by atoms with Gasteiger partial charge in [0.25, 0.3) is 0 Å². The summed E-state index contributed by atoms with van der Waals surface area (Å²) in [7, 11) is 1.53. The summed E-state index contributed by atoms with van der Waals surface area (Å²) in [4.78, 5) is 29.1. The van der Waals surface area contributed by atoms with Gasteiger partial charge in [-0.1, -0.05) is 23.4 Å². The average molecular weight is 448 g/mol. The number of fused-ring (bicyclic) bond motifs is 1. The molecule has 0 aliphatic heterocycles. The van der Waals surface area contributed by atoms with E-state index in [-0.39, 0.29) is 17.6 Å². The predicted molar refractivity (Wildman–Crippen MR) is 119 cm³/mol. The van der Waals surface area contributed by atoms with Crippen molar-refractivity contribution in [1.29, 1.82) is 0 Å². The number of nitrogens with zero attached hydrogens (tertiary/aromatic N) is 2. The van der Waals surface area contributed by atoms with Crippen molar-refractivity contribution in [2.75, 3.05) is 24.8 Å². The Morgan fingerprint density at radius 2 is 2.00 bits per heavy atom. The number of aromatic nitrogens is 2. The van der Waals surface area contributed by atoms with Crippen LogP contribution < -0.4 is 10.1 Å². The highest BCUT2D eigenvalue weighted by molar-refractivity contribution is 7.99. The molecule has 0 aliphatic carbocycles. The SMILES string of the molecule is CCOC(=O)c1ccc2c(c1)nc(SCC(=O)Nc1cc(Cl)ccc1OC)n2CC. The molecule has 158 valence electrons. The first kappa shape index (κ1) is 22.0. The largest absolute Gasteiger partial charge is 0.495 e. The Morgan fingerprint density at radius 1 is 1.20 bits per heavy atom. The number of methoxy groups -OCH3 is 1. The quantitative estimate of drug-likeness (QED) is 0.400. The van der Waals surface area contributed by atoms with Gasteiger partial charge in [0.2, 0.25) is 5.91 Å². The molecule has 30 heavy (non-hydrogen) atoms. The number of halogens is 1. The van der Waals surface area contributed by atoms with E-state index in [2.05, 4.69) is 10.3 Å². The monoisotopic (exact) mass is 447 g/mol. The number of carbonyl (C=O) groups excluding carboxylic acids is 2. The number of aryl methyl sites for hydroxylation is 1. The molecule has 3 rings (SSSR count). The van der Waals surface area contributed by atoms with E-state index in [1.807, 2.05) is 17.6 Å². The number of carbonyl (C=O) groups is 2. The first-order valence-electron chi connectivity index (χ1n) is 9.40. The van der Waals surface area contributed by atoms with Crippen molar-refractivity contribution in [2.45, 2.75) is 25.5 Å². The lowest BCUT2D eigenvalue weighted by Gasteiger charge is -2.10. The highest BCUT2D eigenvalue weighted by Crippen LogP contribution is 2.29. The Morgan fingerprint density at radius 3 is 2.70 bits per heavy atom. The minimum absolute atomic E-state index is 0.156. The molecule has 0 bridgehead atoms. The van der Waals surface area contributed by atoms with E-state index in [9.17, 15) is 9.59 Å². The molecule has 0 aliphatic rings. The molecule has 1 amide bonds. The molecule has 0 unspecified atom stereocenters. The number of hydrogen-bond acceptors (Lipinski definition) is 6. The summed E-state index contributed by atoms with van der Waals surface area (Å²) >= 11 is 7.33. The minimum Gasteiger partial charge on any atom is -0.495 e. The molecule has 1 N–H and O–H groups in total. The van der Waals surface area contributed by atoms with Crippen molar-refractivity contribution in [3.05, 3.63) is 47.0 Å². The third kappa shape index (κ3) is 4.88. The molecular weight excluding hydrogens is 426 g/mol. The second-order valence-corrected chi connectivity index (χ2v) is 7.62. The molecule has 9 heteroatoms. The summed E-state index contributed by atoms with van der Waals surface area (Å²) in [5.74, 6) is 0.103. The van der Waals surface area contributed by atoms with E-state index in [4.69, 9.17) is 21.1 Å². The molecule has 3 aromatic rings. The van der Waals surface area contributed by atoms with Crippen LogP contribution in [0.4, 0.5) is 5.69 Å². The Labute approximate surface area is 183 Å².